The van der Waals surface area contributed by atoms with Gasteiger partial charge in [-0.1, -0.05) is 121 Å². The molecule has 0 heterocycles. The molecule has 0 saturated heterocycles. The molecule has 0 aromatic heterocycles. The van der Waals surface area contributed by atoms with E-state index in [2.05, 4.69) is 31.9 Å². The summed E-state index contributed by atoms with van der Waals surface area (Å²) in [5, 5.41) is 35.0. The fourth-order valence-corrected chi connectivity index (χ4v) is 7.03. The van der Waals surface area contributed by atoms with Crippen molar-refractivity contribution in [2.75, 3.05) is 13.1 Å². The van der Waals surface area contributed by atoms with Gasteiger partial charge in [0.1, 0.15) is 36.3 Å². The molecule has 352 valence electrons. The molecule has 0 aliphatic carbocycles. The number of hydrogen-bond donors (Lipinski definition) is 10. The number of hydrogen-bond acceptors (Lipinski definition) is 9. The number of nitrogens with two attached hydrogens (primary N) is 2. The third-order valence-corrected chi connectivity index (χ3v) is 10.8. The number of carboxylic acid groups (broad SMARTS) is 2. The van der Waals surface area contributed by atoms with Crippen LogP contribution in [-0.2, 0) is 54.5 Å². The molecule has 66 heavy (non-hydrogen) atoms. The third-order valence-electron chi connectivity index (χ3n) is 10.8. The van der Waals surface area contributed by atoms with Crippen molar-refractivity contribution in [2.45, 2.75) is 100 Å². The van der Waals surface area contributed by atoms with Crippen LogP contribution in [0.4, 0.5) is 4.79 Å². The van der Waals surface area contributed by atoms with E-state index >= 15 is 0 Å². The Balaban J connectivity index is 1.52. The third kappa shape index (κ3) is 18.9. The van der Waals surface area contributed by atoms with Crippen LogP contribution in [0.1, 0.15) is 60.8 Å². The predicted octanol–water partition coefficient (Wildman–Crippen LogP) is 2.36. The molecule has 0 aliphatic heterocycles. The second kappa shape index (κ2) is 27.9. The van der Waals surface area contributed by atoms with E-state index in [1.54, 1.807) is 48.5 Å². The average Bonchev–Trinajstić information content (AvgIpc) is 3.31. The largest absolute Gasteiger partial charge is 0.480 e. The zero-order valence-electron chi connectivity index (χ0n) is 36.9. The van der Waals surface area contributed by atoms with E-state index in [0.29, 0.717) is 36.8 Å². The fourth-order valence-electron chi connectivity index (χ4n) is 7.03. The molecular formula is C49H62N8O9. The minimum Gasteiger partial charge on any atom is -0.480 e. The molecule has 0 bridgehead atoms. The summed E-state index contributed by atoms with van der Waals surface area (Å²) in [5.41, 5.74) is 14.2. The van der Waals surface area contributed by atoms with Crippen LogP contribution in [0.25, 0.3) is 0 Å². The van der Waals surface area contributed by atoms with Crippen molar-refractivity contribution < 1.29 is 43.8 Å². The number of rotatable bonds is 28. The van der Waals surface area contributed by atoms with Gasteiger partial charge in [0.05, 0.1) is 0 Å². The van der Waals surface area contributed by atoms with Crippen LogP contribution in [0, 0.1) is 0 Å². The highest BCUT2D eigenvalue weighted by Crippen LogP contribution is 2.11. The normalized spacial score (nSPS) is 13.6. The van der Waals surface area contributed by atoms with Gasteiger partial charge in [0.2, 0.25) is 23.6 Å². The van der Waals surface area contributed by atoms with E-state index in [0.717, 1.165) is 11.1 Å². The second-order valence-electron chi connectivity index (χ2n) is 16.1. The highest BCUT2D eigenvalue weighted by Gasteiger charge is 2.31. The molecule has 17 nitrogen and oxygen atoms in total. The van der Waals surface area contributed by atoms with Crippen LogP contribution in [0.5, 0.6) is 0 Å². The van der Waals surface area contributed by atoms with Gasteiger partial charge in [0.15, 0.2) is 0 Å². The molecule has 0 unspecified atom stereocenters. The second-order valence-corrected chi connectivity index (χ2v) is 16.1. The summed E-state index contributed by atoms with van der Waals surface area (Å²) in [5.74, 6) is -4.49. The van der Waals surface area contributed by atoms with Gasteiger partial charge in [0.25, 0.3) is 0 Å². The van der Waals surface area contributed by atoms with Gasteiger partial charge < -0.3 is 53.6 Å². The van der Waals surface area contributed by atoms with Gasteiger partial charge in [-0.2, -0.15) is 0 Å². The summed E-state index contributed by atoms with van der Waals surface area (Å²) >= 11 is 0. The van der Waals surface area contributed by atoms with Crippen molar-refractivity contribution in [1.29, 1.82) is 0 Å². The number of benzene rings is 4. The Kier molecular flexibility index (Phi) is 21.8. The summed E-state index contributed by atoms with van der Waals surface area (Å²) in [6, 6.07) is 28.7. The van der Waals surface area contributed by atoms with Crippen LogP contribution < -0.4 is 43.4 Å². The molecule has 0 spiro atoms. The van der Waals surface area contributed by atoms with Crippen LogP contribution in [0.15, 0.2) is 121 Å². The summed E-state index contributed by atoms with van der Waals surface area (Å²) < 4.78 is 0. The predicted molar refractivity (Wildman–Crippen MR) is 249 cm³/mol. The summed E-state index contributed by atoms with van der Waals surface area (Å²) in [6.07, 6.45) is 2.61. The first-order chi connectivity index (χ1) is 31.8. The molecule has 0 saturated carbocycles. The van der Waals surface area contributed by atoms with Crippen molar-refractivity contribution in [2.24, 2.45) is 11.5 Å². The van der Waals surface area contributed by atoms with E-state index in [1.807, 2.05) is 72.8 Å². The maximum absolute atomic E-state index is 14.2. The molecule has 6 amide bonds. The Morgan fingerprint density at radius 2 is 0.667 bits per heavy atom. The lowest BCUT2D eigenvalue weighted by Crippen LogP contribution is -2.59. The summed E-state index contributed by atoms with van der Waals surface area (Å²) in [6.45, 7) is 0.422. The molecule has 0 fully saturated rings. The average molecular weight is 907 g/mol. The Morgan fingerprint density at radius 1 is 0.394 bits per heavy atom. The number of carbonyl (C=O) groups excluding carboxylic acids is 5. The Hall–Kier alpha value is -7.11. The number of amides is 6. The van der Waals surface area contributed by atoms with Gasteiger partial charge >= 0.3 is 18.0 Å². The maximum atomic E-state index is 14.2. The van der Waals surface area contributed by atoms with Crippen molar-refractivity contribution in [3.05, 3.63) is 144 Å². The highest BCUT2D eigenvalue weighted by atomic mass is 16.4. The SMILES string of the molecule is N[C@@H](CCCCNC(=O)[C@H](Cc1ccccc1)NC(=O)[C@H](Cc1ccccc1)NC(=O)N[C@@H](Cc1ccccc1)C(=O)N[C@@H](Cc1ccccc1)C(=O)NCCCC[C@H](N)C(=O)O)C(=O)O. The molecule has 4 rings (SSSR count). The zero-order valence-corrected chi connectivity index (χ0v) is 36.9. The Bertz CT molecular complexity index is 2000. The first kappa shape index (κ1) is 51.5. The topological polar surface area (TPSA) is 284 Å². The number of urea groups is 1. The monoisotopic (exact) mass is 906 g/mol. The van der Waals surface area contributed by atoms with E-state index < -0.39 is 77.8 Å². The zero-order chi connectivity index (χ0) is 47.7. The first-order valence-corrected chi connectivity index (χ1v) is 22.1. The van der Waals surface area contributed by atoms with Crippen molar-refractivity contribution >= 4 is 41.6 Å². The van der Waals surface area contributed by atoms with E-state index in [4.69, 9.17) is 21.7 Å². The first-order valence-electron chi connectivity index (χ1n) is 22.1. The molecule has 6 atom stereocenters. The number of unbranched alkanes of at least 4 members (excludes halogenated alkanes) is 2. The number of carbonyl (C=O) groups is 7. The molecular weight excluding hydrogens is 845 g/mol. The molecule has 4 aromatic carbocycles. The molecule has 12 N–H and O–H groups in total. The summed E-state index contributed by atoms with van der Waals surface area (Å²) in [4.78, 5) is 92.0. The van der Waals surface area contributed by atoms with Crippen LogP contribution in [0.3, 0.4) is 0 Å². The van der Waals surface area contributed by atoms with Crippen LogP contribution in [-0.4, -0.2) is 101 Å². The lowest BCUT2D eigenvalue weighted by atomic mass is 10.0. The highest BCUT2D eigenvalue weighted by molar-refractivity contribution is 5.94. The molecule has 4 aromatic rings. The minimum absolute atomic E-state index is 0.0285. The van der Waals surface area contributed by atoms with Crippen molar-refractivity contribution in [3.63, 3.8) is 0 Å². The maximum Gasteiger partial charge on any atom is 0.320 e. The molecule has 17 heteroatoms. The Labute approximate surface area is 384 Å². The van der Waals surface area contributed by atoms with Crippen LogP contribution in [0.2, 0.25) is 0 Å². The van der Waals surface area contributed by atoms with Gasteiger partial charge in [-0.15, -0.1) is 0 Å². The number of carboxylic acids is 2. The fraction of sp³-hybridized carbons (Fsp3) is 0.367. The Morgan fingerprint density at radius 3 is 0.939 bits per heavy atom. The lowest BCUT2D eigenvalue weighted by Gasteiger charge is -2.26. The van der Waals surface area contributed by atoms with Gasteiger partial charge in [0, 0.05) is 38.8 Å². The van der Waals surface area contributed by atoms with Gasteiger partial charge in [-0.25, -0.2) is 4.79 Å². The minimum atomic E-state index is -1.22. The van der Waals surface area contributed by atoms with E-state index in [9.17, 15) is 33.6 Å². The standard InChI is InChI=1S/C49H62N8O9/c50-37(47(62)63)25-13-15-27-52-43(58)39(29-33-17-5-1-6-18-33)54-45(60)41(31-35-21-9-3-10-22-35)56-49(66)57-42(32-36-23-11-4-12-24-36)46(61)55-40(30-34-19-7-2-8-20-34)44(59)53-28-16-14-26-38(51)48(64)65/h1-12,17-24,37-42H,13-16,25-32,50-51H2,(H,52,58)(H,53,59)(H,54,60)(H,55,61)(H,62,63)(H,64,65)(H2,56,57,66)/t37-,38-,39-,40-,41-,42-/m0/s1. The van der Waals surface area contributed by atoms with Crippen LogP contribution >= 0.6 is 0 Å². The molecule has 0 radical (unpaired) electrons. The number of nitrogens with one attached hydrogen (secondary N) is 6. The van der Waals surface area contributed by atoms with Crippen molar-refractivity contribution in [3.8, 4) is 0 Å². The van der Waals surface area contributed by atoms with E-state index in [1.165, 1.54) is 0 Å². The van der Waals surface area contributed by atoms with Gasteiger partial charge in [-0.3, -0.25) is 28.8 Å². The smallest absolute Gasteiger partial charge is 0.320 e. The lowest BCUT2D eigenvalue weighted by molar-refractivity contribution is -0.139. The van der Waals surface area contributed by atoms with Crippen molar-refractivity contribution in [1.82, 2.24) is 31.9 Å². The van der Waals surface area contributed by atoms with Gasteiger partial charge in [-0.05, 0) is 60.8 Å². The molecule has 0 aliphatic rings. The van der Waals surface area contributed by atoms with E-state index in [-0.39, 0.29) is 51.6 Å². The number of aliphatic carboxylic acids is 2. The summed E-state index contributed by atoms with van der Waals surface area (Å²) in [7, 11) is 0. The quantitative estimate of drug-likeness (QED) is 0.0370.